The Hall–Kier alpha value is -2.56. The number of nitrogens with one attached hydrogen (secondary N) is 1. The summed E-state index contributed by atoms with van der Waals surface area (Å²) in [6.07, 6.45) is 3.17. The maximum absolute atomic E-state index is 11.6. The smallest absolute Gasteiger partial charge is 0.339 e. The molecule has 110 valence electrons. The first-order valence-corrected chi connectivity index (χ1v) is 6.72. The van der Waals surface area contributed by atoms with E-state index in [0.29, 0.717) is 18.7 Å². The van der Waals surface area contributed by atoms with Crippen LogP contribution in [0.4, 0.5) is 5.69 Å². The molecule has 21 heavy (non-hydrogen) atoms. The van der Waals surface area contributed by atoms with Crippen LogP contribution in [0.25, 0.3) is 0 Å². The van der Waals surface area contributed by atoms with Crippen molar-refractivity contribution in [2.75, 3.05) is 19.0 Å². The van der Waals surface area contributed by atoms with Gasteiger partial charge in [0.1, 0.15) is 5.75 Å². The summed E-state index contributed by atoms with van der Waals surface area (Å²) in [5.41, 5.74) is 2.32. The number of methoxy groups -OCH3 is 1. The van der Waals surface area contributed by atoms with Crippen molar-refractivity contribution in [3.05, 3.63) is 53.9 Å². The second-order valence-electron chi connectivity index (χ2n) is 4.38. The van der Waals surface area contributed by atoms with E-state index in [9.17, 15) is 4.79 Å². The fraction of sp³-hybridized carbons (Fsp3) is 0.250. The minimum atomic E-state index is -0.363. The van der Waals surface area contributed by atoms with E-state index >= 15 is 0 Å². The zero-order chi connectivity index (χ0) is 15.1. The fourth-order valence-electron chi connectivity index (χ4n) is 1.81. The average Bonchev–Trinajstić information content (AvgIpc) is 2.54. The SMILES string of the molecule is CCOC(=O)c1cncc(NCc2ccc(OC)cc2)c1. The summed E-state index contributed by atoms with van der Waals surface area (Å²) in [5, 5.41) is 3.22. The van der Waals surface area contributed by atoms with E-state index in [4.69, 9.17) is 9.47 Å². The Balaban J connectivity index is 1.99. The van der Waals surface area contributed by atoms with Crippen molar-refractivity contribution in [3.63, 3.8) is 0 Å². The predicted octanol–water partition coefficient (Wildman–Crippen LogP) is 2.88. The van der Waals surface area contributed by atoms with Gasteiger partial charge in [0.2, 0.25) is 0 Å². The lowest BCUT2D eigenvalue weighted by Gasteiger charge is -2.08. The van der Waals surface area contributed by atoms with Crippen LogP contribution in [-0.2, 0) is 11.3 Å². The van der Waals surface area contributed by atoms with E-state index in [0.717, 1.165) is 17.0 Å². The van der Waals surface area contributed by atoms with Gasteiger partial charge in [0, 0.05) is 18.9 Å². The Morgan fingerprint density at radius 3 is 2.67 bits per heavy atom. The number of carbonyl (C=O) groups excluding carboxylic acids is 1. The van der Waals surface area contributed by atoms with Crippen molar-refractivity contribution in [2.24, 2.45) is 0 Å². The van der Waals surface area contributed by atoms with E-state index in [1.165, 1.54) is 6.20 Å². The van der Waals surface area contributed by atoms with E-state index in [1.807, 2.05) is 24.3 Å². The first-order valence-electron chi connectivity index (χ1n) is 6.72. The molecule has 0 saturated heterocycles. The molecule has 0 aliphatic rings. The molecule has 0 atom stereocenters. The van der Waals surface area contributed by atoms with E-state index < -0.39 is 0 Å². The van der Waals surface area contributed by atoms with Gasteiger partial charge in [-0.1, -0.05) is 12.1 Å². The molecule has 1 aromatic carbocycles. The minimum Gasteiger partial charge on any atom is -0.497 e. The summed E-state index contributed by atoms with van der Waals surface area (Å²) >= 11 is 0. The Labute approximate surface area is 123 Å². The highest BCUT2D eigenvalue weighted by Gasteiger charge is 2.07. The van der Waals surface area contributed by atoms with Crippen LogP contribution in [0.15, 0.2) is 42.7 Å². The van der Waals surface area contributed by atoms with Crippen LogP contribution < -0.4 is 10.1 Å². The van der Waals surface area contributed by atoms with Crippen LogP contribution in [0.5, 0.6) is 5.75 Å². The number of hydrogen-bond acceptors (Lipinski definition) is 5. The Bertz CT molecular complexity index is 597. The molecule has 0 aliphatic carbocycles. The Morgan fingerprint density at radius 1 is 1.24 bits per heavy atom. The lowest BCUT2D eigenvalue weighted by molar-refractivity contribution is 0.0526. The van der Waals surface area contributed by atoms with E-state index in [1.54, 1.807) is 26.3 Å². The zero-order valence-electron chi connectivity index (χ0n) is 12.1. The van der Waals surface area contributed by atoms with Crippen molar-refractivity contribution in [1.82, 2.24) is 4.98 Å². The summed E-state index contributed by atoms with van der Waals surface area (Å²) < 4.78 is 10.1. The van der Waals surface area contributed by atoms with Crippen LogP contribution in [0, 0.1) is 0 Å². The van der Waals surface area contributed by atoms with E-state index in [-0.39, 0.29) is 5.97 Å². The normalized spacial score (nSPS) is 10.0. The van der Waals surface area contributed by atoms with Gasteiger partial charge in [0.15, 0.2) is 0 Å². The van der Waals surface area contributed by atoms with Crippen LogP contribution in [0.1, 0.15) is 22.8 Å². The number of rotatable bonds is 6. The first kappa shape index (κ1) is 14.8. The van der Waals surface area contributed by atoms with Crippen molar-refractivity contribution in [2.45, 2.75) is 13.5 Å². The van der Waals surface area contributed by atoms with Gasteiger partial charge in [-0.2, -0.15) is 0 Å². The summed E-state index contributed by atoms with van der Waals surface area (Å²) in [6.45, 7) is 2.76. The third-order valence-corrected chi connectivity index (χ3v) is 2.91. The molecule has 0 fully saturated rings. The van der Waals surface area contributed by atoms with Gasteiger partial charge in [0.25, 0.3) is 0 Å². The van der Waals surface area contributed by atoms with Gasteiger partial charge in [-0.15, -0.1) is 0 Å². The number of ether oxygens (including phenoxy) is 2. The monoisotopic (exact) mass is 286 g/mol. The molecule has 2 rings (SSSR count). The van der Waals surface area contributed by atoms with Crippen LogP contribution >= 0.6 is 0 Å². The van der Waals surface area contributed by atoms with Gasteiger partial charge < -0.3 is 14.8 Å². The summed E-state index contributed by atoms with van der Waals surface area (Å²) in [5.74, 6) is 0.461. The van der Waals surface area contributed by atoms with Gasteiger partial charge in [0.05, 0.1) is 25.0 Å². The van der Waals surface area contributed by atoms with Crippen LogP contribution in [0.2, 0.25) is 0 Å². The molecule has 0 aliphatic heterocycles. The van der Waals surface area contributed by atoms with Gasteiger partial charge in [-0.25, -0.2) is 4.79 Å². The van der Waals surface area contributed by atoms with Gasteiger partial charge in [-0.05, 0) is 30.7 Å². The van der Waals surface area contributed by atoms with Gasteiger partial charge in [-0.3, -0.25) is 4.98 Å². The fourth-order valence-corrected chi connectivity index (χ4v) is 1.81. The minimum absolute atomic E-state index is 0.350. The molecule has 1 heterocycles. The van der Waals surface area contributed by atoms with Gasteiger partial charge >= 0.3 is 5.97 Å². The average molecular weight is 286 g/mol. The molecule has 1 N–H and O–H groups in total. The predicted molar refractivity (Wildman–Crippen MR) is 80.5 cm³/mol. The standard InChI is InChI=1S/C16H18N2O3/c1-3-21-16(19)13-8-14(11-17-10-13)18-9-12-4-6-15(20-2)7-5-12/h4-8,10-11,18H,3,9H2,1-2H3. The molecule has 0 radical (unpaired) electrons. The molecular weight excluding hydrogens is 268 g/mol. The van der Waals surface area contributed by atoms with Crippen molar-refractivity contribution in [1.29, 1.82) is 0 Å². The highest BCUT2D eigenvalue weighted by molar-refractivity contribution is 5.90. The van der Waals surface area contributed by atoms with Crippen LogP contribution in [-0.4, -0.2) is 24.7 Å². The second kappa shape index (κ2) is 7.28. The molecule has 1 aromatic heterocycles. The number of benzene rings is 1. The number of pyridine rings is 1. The molecule has 0 spiro atoms. The lowest BCUT2D eigenvalue weighted by atomic mass is 10.2. The molecule has 5 heteroatoms. The third kappa shape index (κ3) is 4.21. The number of carbonyl (C=O) groups is 1. The maximum Gasteiger partial charge on any atom is 0.339 e. The molecule has 0 bridgehead atoms. The number of aromatic nitrogens is 1. The summed E-state index contributed by atoms with van der Waals surface area (Å²) in [7, 11) is 1.64. The zero-order valence-corrected chi connectivity index (χ0v) is 12.1. The Morgan fingerprint density at radius 2 is 2.00 bits per heavy atom. The maximum atomic E-state index is 11.6. The number of esters is 1. The second-order valence-corrected chi connectivity index (χ2v) is 4.38. The number of nitrogens with zero attached hydrogens (tertiary/aromatic N) is 1. The number of anilines is 1. The molecule has 0 unspecified atom stereocenters. The molecule has 0 saturated carbocycles. The lowest BCUT2D eigenvalue weighted by Crippen LogP contribution is -2.06. The van der Waals surface area contributed by atoms with E-state index in [2.05, 4.69) is 10.3 Å². The van der Waals surface area contributed by atoms with Crippen molar-refractivity contribution in [3.8, 4) is 5.75 Å². The largest absolute Gasteiger partial charge is 0.497 e. The quantitative estimate of drug-likeness (QED) is 0.827. The molecular formula is C16H18N2O3. The topological polar surface area (TPSA) is 60.5 Å². The summed E-state index contributed by atoms with van der Waals surface area (Å²) in [6, 6.07) is 9.51. The first-order chi connectivity index (χ1) is 10.2. The molecule has 2 aromatic rings. The molecule has 5 nitrogen and oxygen atoms in total. The van der Waals surface area contributed by atoms with Crippen LogP contribution in [0.3, 0.4) is 0 Å². The van der Waals surface area contributed by atoms with Crippen molar-refractivity contribution >= 4 is 11.7 Å². The van der Waals surface area contributed by atoms with Crippen molar-refractivity contribution < 1.29 is 14.3 Å². The summed E-state index contributed by atoms with van der Waals surface area (Å²) in [4.78, 5) is 15.7. The molecule has 0 amide bonds. The third-order valence-electron chi connectivity index (χ3n) is 2.91. The Kier molecular flexibility index (Phi) is 5.15. The highest BCUT2D eigenvalue weighted by Crippen LogP contribution is 2.14. The number of hydrogen-bond donors (Lipinski definition) is 1. The highest BCUT2D eigenvalue weighted by atomic mass is 16.5.